The number of nitrogens with one attached hydrogen (secondary N) is 1. The molecule has 14 aromatic rings. The SMILES string of the molecule is CC(=O)c1ccccc1.CC(C)(C)OC(=O)N1CCN(c2ccc3cc(C(=O)Cc4cc(-c5ccccc5)sc4N)cnc3c2)CC1.CC(C)(C)OC(=O)N1CCN(c2ccc3cc(C(=O)Cc4cc(-c5ccccc5)sc4[N+](=O)[O-])cnc3c2)CC1.N#C/C=C(\Cl)c1ccccc1.Nc1cc(-c2ccccc2)sc1[N+](=O)[O-].O=C(O)c1cnc2cc(N3CCCCC3)ccc2c1.O=[N+]([O-])CBr.ONCl. The molecule has 3 aliphatic rings. The lowest BCUT2D eigenvalue weighted by Crippen LogP contribution is -2.50. The molecule has 3 saturated heterocycles. The number of aromatic nitrogens is 3. The number of pyridine rings is 3. The van der Waals surface area contributed by atoms with E-state index in [0.717, 1.165) is 128 Å². The number of allylic oxidation sites excluding steroid dienone is 1. The molecule has 3 aliphatic heterocycles. The van der Waals surface area contributed by atoms with Crippen LogP contribution >= 0.6 is 73.3 Å². The van der Waals surface area contributed by atoms with Crippen molar-refractivity contribution in [3.63, 3.8) is 0 Å². The van der Waals surface area contributed by atoms with Crippen LogP contribution in [0, 0.1) is 41.7 Å². The quantitative estimate of drug-likeness (QED) is 0.0101. The first-order valence-corrected chi connectivity index (χ1v) is 48.4. The third-order valence-electron chi connectivity index (χ3n) is 21.3. The molecule has 0 saturated carbocycles. The van der Waals surface area contributed by atoms with Crippen molar-refractivity contribution in [1.82, 2.24) is 29.8 Å². The second-order valence-electron chi connectivity index (χ2n) is 33.6. The number of Topliss-reactive ketones (excluding diaryl/α,β-unsaturated/α-hetero) is 3. The predicted molar refractivity (Wildman–Crippen MR) is 560 cm³/mol. The highest BCUT2D eigenvalue weighted by Gasteiger charge is 2.30. The van der Waals surface area contributed by atoms with Gasteiger partial charge in [-0.2, -0.15) is 5.26 Å². The fourth-order valence-electron chi connectivity index (χ4n) is 14.5. The number of nitrogens with two attached hydrogens (primary N) is 2. The van der Waals surface area contributed by atoms with Gasteiger partial charge in [0.15, 0.2) is 17.3 Å². The molecule has 9 heterocycles. The zero-order valence-corrected chi connectivity index (χ0v) is 83.3. The Morgan fingerprint density at radius 1 is 0.486 bits per heavy atom. The standard InChI is InChI=1S/C30H30N4O5S.C30H32N4O3S.C15H16N2O2.C10H8N2O2S.C9H6ClN.C8H8O.CH2BrNO2.ClH2NO/c1-30(2,3)39-29(36)33-13-11-32(12-14-33)24-10-9-21-15-23(19-31-25(21)18-24)26(35)16-22-17-27(40-28(22)34(37)38)20-7-5-4-6-8-20;1-30(2,3)37-29(36)34-13-11-33(12-14-34)24-10-9-21-15-23(19-32-25(21)18-24)26(35)16-22-17-27(38-28(22)31)20-7-5-4-6-8-20;18-15(19)12-8-11-4-5-13(9-14(11)16-10-12)17-6-2-1-3-7-17;11-8-6-9(15-10(8)12(13)14)7-4-2-1-3-5-7;10-9(6-7-11)8-4-2-1-3-5-8;1-7(9)8-5-3-2-4-6-8;2-1-3(4)5;1-2-3/h4-10,15,17-19H,11-14,16H2,1-3H3;4-10,15,17-19H,11-14,16,31H2,1-3H3;4-5,8-10H,1-3,6-7H2,(H,18,19);1-6H,11H2;1-6H;2-6H,1H3;1H2;2-3H/b;;;;9-6-;;;. The summed E-state index contributed by atoms with van der Waals surface area (Å²) in [5.41, 5.74) is 23.5. The van der Waals surface area contributed by atoms with E-state index < -0.39 is 31.9 Å². The van der Waals surface area contributed by atoms with Crippen LogP contribution < -0.4 is 31.2 Å². The van der Waals surface area contributed by atoms with Crippen LogP contribution in [0.3, 0.4) is 0 Å². The number of anilines is 5. The van der Waals surface area contributed by atoms with E-state index in [2.05, 4.69) is 63.4 Å². The lowest BCUT2D eigenvalue weighted by atomic mass is 10.0. The number of hydrogen-bond donors (Lipinski definition) is 5. The highest BCUT2D eigenvalue weighted by Crippen LogP contribution is 2.41. The number of thiophene rings is 3. The molecule has 7 N–H and O–H groups in total. The summed E-state index contributed by atoms with van der Waals surface area (Å²) in [4.78, 5) is 130. The van der Waals surface area contributed by atoms with Crippen LogP contribution in [0.4, 0.5) is 47.3 Å². The van der Waals surface area contributed by atoms with Crippen molar-refractivity contribution in [2.45, 2.75) is 91.8 Å². The minimum Gasteiger partial charge on any atom is -0.478 e. The number of ketones is 3. The molecule has 17 rings (SSSR count). The number of nitriles is 1. The number of carbonyl (C=O) groups excluding carboxylic acids is 5. The molecule has 3 fully saturated rings. The van der Waals surface area contributed by atoms with Gasteiger partial charge in [-0.05, 0) is 184 Å². The average molecular weight is 2060 g/mol. The van der Waals surface area contributed by atoms with Crippen LogP contribution in [0.25, 0.3) is 69.1 Å². The number of carboxylic acid groups (broad SMARTS) is 1. The van der Waals surface area contributed by atoms with Gasteiger partial charge in [-0.1, -0.05) is 204 Å². The van der Waals surface area contributed by atoms with Crippen molar-refractivity contribution in [2.75, 3.05) is 97.1 Å². The number of nitrogen functional groups attached to an aromatic ring is 2. The normalized spacial score (nSPS) is 12.8. The minimum atomic E-state index is -0.936. The highest BCUT2D eigenvalue weighted by molar-refractivity contribution is 9.09. The van der Waals surface area contributed by atoms with Gasteiger partial charge in [-0.25, -0.2) is 14.4 Å². The van der Waals surface area contributed by atoms with Gasteiger partial charge in [-0.15, -0.1) is 16.3 Å². The number of carboxylic acids is 1. The van der Waals surface area contributed by atoms with Crippen LogP contribution in [0.5, 0.6) is 0 Å². The zero-order valence-electron chi connectivity index (χ0n) is 77.7. The van der Waals surface area contributed by atoms with Gasteiger partial charge in [0.2, 0.25) is 0 Å². The number of nitrogens with zero attached hydrogens (tertiary/aromatic N) is 12. The summed E-state index contributed by atoms with van der Waals surface area (Å²) >= 11 is 16.3. The Kier molecular flexibility index (Phi) is 40.2. The van der Waals surface area contributed by atoms with Crippen LogP contribution in [-0.2, 0) is 22.3 Å². The van der Waals surface area contributed by atoms with Gasteiger partial charge in [-0.3, -0.25) is 59.7 Å². The third-order valence-corrected chi connectivity index (χ3v) is 25.4. The van der Waals surface area contributed by atoms with E-state index in [1.54, 1.807) is 47.2 Å². The van der Waals surface area contributed by atoms with Gasteiger partial charge >= 0.3 is 28.2 Å². The fourth-order valence-corrected chi connectivity index (χ4v) is 17.5. The van der Waals surface area contributed by atoms with Gasteiger partial charge in [0.05, 0.1) is 53.6 Å². The molecule has 0 spiro atoms. The van der Waals surface area contributed by atoms with Crippen molar-refractivity contribution in [2.24, 2.45) is 0 Å². The number of hydrogen-bond acceptors (Lipinski definition) is 28. The molecule has 0 atom stereocenters. The second-order valence-corrected chi connectivity index (χ2v) is 37.9. The van der Waals surface area contributed by atoms with Crippen LogP contribution in [0.1, 0.15) is 126 Å². The van der Waals surface area contributed by atoms with Gasteiger partial charge in [0, 0.05) is 184 Å². The molecule has 8 aromatic carbocycles. The molecule has 37 heteroatoms. The Morgan fingerprint density at radius 2 is 0.829 bits per heavy atom. The number of piperidine rings is 1. The van der Waals surface area contributed by atoms with E-state index in [1.165, 1.54) is 59.8 Å². The smallest absolute Gasteiger partial charge is 0.410 e. The average Bonchev–Trinajstić information content (AvgIpc) is 1.33. The summed E-state index contributed by atoms with van der Waals surface area (Å²) in [6.45, 7) is 20.1. The number of amides is 2. The van der Waals surface area contributed by atoms with Crippen LogP contribution in [0.2, 0.25) is 0 Å². The van der Waals surface area contributed by atoms with Crippen molar-refractivity contribution in [3.8, 4) is 37.4 Å². The number of fused-ring (bicyclic) bond motifs is 3. The van der Waals surface area contributed by atoms with Crippen LogP contribution in [-0.4, -0.2) is 167 Å². The van der Waals surface area contributed by atoms with Gasteiger partial charge in [0.1, 0.15) is 16.9 Å². The molecule has 0 aliphatic carbocycles. The molecule has 31 nitrogen and oxygen atoms in total. The molecule has 140 heavy (non-hydrogen) atoms. The maximum atomic E-state index is 13.2. The number of halogens is 3. The maximum absolute atomic E-state index is 13.2. The van der Waals surface area contributed by atoms with E-state index in [-0.39, 0.29) is 69.1 Å². The van der Waals surface area contributed by atoms with Crippen molar-refractivity contribution < 1.29 is 63.3 Å². The molecule has 726 valence electrons. The summed E-state index contributed by atoms with van der Waals surface area (Å²) in [5, 5.41) is 59.5. The molecular formula is C103H104BrCl2N15O16S3. The topological polar surface area (TPSA) is 433 Å². The summed E-state index contributed by atoms with van der Waals surface area (Å²) in [6, 6.07) is 78.2. The lowest BCUT2D eigenvalue weighted by Gasteiger charge is -2.36. The number of alkyl halides is 1. The number of ether oxygens (including phenoxy) is 2. The van der Waals surface area contributed by atoms with E-state index in [1.807, 2.05) is 260 Å². The molecule has 0 unspecified atom stereocenters. The van der Waals surface area contributed by atoms with Crippen molar-refractivity contribution in [1.29, 1.82) is 5.26 Å². The first kappa shape index (κ1) is 108. The second kappa shape index (κ2) is 52.3. The van der Waals surface area contributed by atoms with E-state index in [0.29, 0.717) is 79.1 Å². The Hall–Kier alpha value is -14.5. The maximum Gasteiger partial charge on any atom is 0.410 e. The molecule has 2 amide bonds. The monoisotopic (exact) mass is 2050 g/mol. The van der Waals surface area contributed by atoms with E-state index >= 15 is 0 Å². The van der Waals surface area contributed by atoms with Crippen molar-refractivity contribution in [3.05, 3.63) is 337 Å². The number of aromatic carboxylic acids is 1. The Morgan fingerprint density at radius 3 is 1.19 bits per heavy atom. The summed E-state index contributed by atoms with van der Waals surface area (Å²) in [5.74, 6) is -1.05. The lowest BCUT2D eigenvalue weighted by molar-refractivity contribution is -0.454. The van der Waals surface area contributed by atoms with Crippen molar-refractivity contribution >= 4 is 184 Å². The first-order valence-electron chi connectivity index (χ1n) is 44.1. The third kappa shape index (κ3) is 32.6. The Labute approximate surface area is 839 Å². The number of nitro groups is 3. The van der Waals surface area contributed by atoms with E-state index in [4.69, 9.17) is 58.2 Å². The summed E-state index contributed by atoms with van der Waals surface area (Å²) in [7, 11) is 0. The number of piperazine rings is 2. The van der Waals surface area contributed by atoms with Gasteiger partial charge < -0.3 is 55.8 Å². The first-order chi connectivity index (χ1) is 67.0. The number of carbonyl (C=O) groups is 6. The zero-order chi connectivity index (χ0) is 101. The van der Waals surface area contributed by atoms with E-state index in [9.17, 15) is 49.0 Å². The largest absolute Gasteiger partial charge is 0.478 e. The molecular weight excluding hydrogens is 1950 g/mol. The Balaban J connectivity index is 0.000000183. The predicted octanol–water partition coefficient (Wildman–Crippen LogP) is 23.6. The summed E-state index contributed by atoms with van der Waals surface area (Å²) in [6.07, 6.45) is 9.30. The minimum absolute atomic E-state index is 0.00820. The Bertz CT molecular complexity index is 6690. The van der Waals surface area contributed by atoms with Gasteiger partial charge in [0.25, 0.3) is 5.45 Å². The summed E-state index contributed by atoms with van der Waals surface area (Å²) < 4.78 is 11.0. The van der Waals surface area contributed by atoms with Crippen LogP contribution in [0.15, 0.2) is 267 Å². The highest BCUT2D eigenvalue weighted by atomic mass is 79.9. The number of rotatable bonds is 18. The fraction of sp³-hybridized carbons (Fsp3) is 0.243. The molecule has 6 aromatic heterocycles. The molecule has 0 bridgehead atoms. The number of benzene rings is 8. The molecule has 0 radical (unpaired) electrons.